The lowest BCUT2D eigenvalue weighted by atomic mass is 9.56. The standard InChI is InChI=1S/C34H38O6Si/c1-32(2,3)41(26-11-7-5-8-12-26,27-13-9-6-10-14-27)39-20-17-24-21-29(25-16-19-37-22-25)40-34-23-38-31(36)33(34,4)18-15-28(35)30(24)34/h5-14,16,19,21-22,24,30H,15,17-18,20,23H2,1-4H3/t24-,30?,33-,34+/m0/s1. The van der Waals surface area contributed by atoms with Gasteiger partial charge in [-0.25, -0.2) is 0 Å². The summed E-state index contributed by atoms with van der Waals surface area (Å²) < 4.78 is 24.9. The van der Waals surface area contributed by atoms with Crippen LogP contribution in [0.25, 0.3) is 5.76 Å². The van der Waals surface area contributed by atoms with Crippen LogP contribution in [0.1, 0.15) is 52.5 Å². The van der Waals surface area contributed by atoms with Crippen molar-refractivity contribution in [2.45, 2.75) is 57.6 Å². The maximum Gasteiger partial charge on any atom is 0.316 e. The maximum atomic E-state index is 13.7. The van der Waals surface area contributed by atoms with Gasteiger partial charge in [-0.3, -0.25) is 9.59 Å². The van der Waals surface area contributed by atoms with Gasteiger partial charge < -0.3 is 18.3 Å². The topological polar surface area (TPSA) is 75.0 Å². The van der Waals surface area contributed by atoms with Crippen LogP contribution in [-0.2, 0) is 23.5 Å². The minimum absolute atomic E-state index is 0.0694. The molecule has 1 saturated heterocycles. The van der Waals surface area contributed by atoms with Crippen LogP contribution in [0.3, 0.4) is 0 Å². The second kappa shape index (κ2) is 10.1. The molecule has 0 bridgehead atoms. The number of carbonyl (C=O) groups is 2. The van der Waals surface area contributed by atoms with Crippen LogP contribution < -0.4 is 10.4 Å². The summed E-state index contributed by atoms with van der Waals surface area (Å²) in [5.41, 5.74) is -1.16. The van der Waals surface area contributed by atoms with Gasteiger partial charge in [-0.15, -0.1) is 0 Å². The van der Waals surface area contributed by atoms with E-state index >= 15 is 0 Å². The van der Waals surface area contributed by atoms with E-state index in [-0.39, 0.29) is 29.3 Å². The fourth-order valence-electron chi connectivity index (χ4n) is 7.43. The van der Waals surface area contributed by atoms with Gasteiger partial charge in [0.05, 0.1) is 17.7 Å². The second-order valence-corrected chi connectivity index (χ2v) is 17.2. The van der Waals surface area contributed by atoms with E-state index in [4.69, 9.17) is 18.3 Å². The van der Waals surface area contributed by atoms with Crippen molar-refractivity contribution in [3.05, 3.63) is 90.9 Å². The number of rotatable bonds is 7. The Morgan fingerprint density at radius 2 is 1.63 bits per heavy atom. The highest BCUT2D eigenvalue weighted by atomic mass is 28.4. The first-order valence-corrected chi connectivity index (χ1v) is 16.4. The Morgan fingerprint density at radius 3 is 2.22 bits per heavy atom. The molecule has 6 rings (SSSR count). The normalized spacial score (nSPS) is 27.9. The van der Waals surface area contributed by atoms with Crippen LogP contribution in [0.5, 0.6) is 0 Å². The zero-order valence-electron chi connectivity index (χ0n) is 24.2. The molecule has 2 aliphatic heterocycles. The predicted molar refractivity (Wildman–Crippen MR) is 159 cm³/mol. The summed E-state index contributed by atoms with van der Waals surface area (Å²) in [6, 6.07) is 23.0. The summed E-state index contributed by atoms with van der Waals surface area (Å²) in [5.74, 6) is -0.214. The molecule has 3 aromatic rings. The van der Waals surface area contributed by atoms with Crippen LogP contribution in [0.15, 0.2) is 89.7 Å². The van der Waals surface area contributed by atoms with E-state index in [9.17, 15) is 9.59 Å². The molecule has 1 saturated carbocycles. The van der Waals surface area contributed by atoms with Crippen LogP contribution in [0, 0.1) is 17.3 Å². The molecule has 0 radical (unpaired) electrons. The highest BCUT2D eigenvalue weighted by Gasteiger charge is 2.71. The zero-order chi connectivity index (χ0) is 28.9. The Labute approximate surface area is 242 Å². The molecule has 2 aromatic carbocycles. The molecule has 1 aromatic heterocycles. The molecule has 7 heteroatoms. The minimum Gasteiger partial charge on any atom is -0.481 e. The Bertz CT molecular complexity index is 1400. The van der Waals surface area contributed by atoms with Gasteiger partial charge >= 0.3 is 5.97 Å². The molecule has 6 nitrogen and oxygen atoms in total. The van der Waals surface area contributed by atoms with Gasteiger partial charge in [0.15, 0.2) is 5.60 Å². The predicted octanol–water partition coefficient (Wildman–Crippen LogP) is 5.51. The van der Waals surface area contributed by atoms with Crippen LogP contribution in [0.4, 0.5) is 0 Å². The van der Waals surface area contributed by atoms with E-state index in [1.165, 1.54) is 10.4 Å². The van der Waals surface area contributed by atoms with E-state index in [2.05, 4.69) is 69.3 Å². The molecule has 3 heterocycles. The van der Waals surface area contributed by atoms with E-state index in [0.29, 0.717) is 31.6 Å². The second-order valence-electron chi connectivity index (χ2n) is 12.9. The van der Waals surface area contributed by atoms with Crippen molar-refractivity contribution in [3.8, 4) is 0 Å². The minimum atomic E-state index is -2.75. The molecule has 214 valence electrons. The Kier molecular flexibility index (Phi) is 6.86. The molecular formula is C34H38O6Si. The number of hydrogen-bond acceptors (Lipinski definition) is 6. The van der Waals surface area contributed by atoms with Crippen molar-refractivity contribution in [2.75, 3.05) is 13.2 Å². The van der Waals surface area contributed by atoms with Crippen molar-refractivity contribution in [1.82, 2.24) is 0 Å². The van der Waals surface area contributed by atoms with Crippen molar-refractivity contribution in [3.63, 3.8) is 0 Å². The Hall–Kier alpha value is -3.42. The molecule has 0 N–H and O–H groups in total. The van der Waals surface area contributed by atoms with Gasteiger partial charge in [-0.05, 0) is 53.2 Å². The zero-order valence-corrected chi connectivity index (χ0v) is 25.2. The van der Waals surface area contributed by atoms with Crippen molar-refractivity contribution < 1.29 is 27.9 Å². The maximum absolute atomic E-state index is 13.7. The molecular weight excluding hydrogens is 532 g/mol. The van der Waals surface area contributed by atoms with Crippen molar-refractivity contribution in [2.24, 2.45) is 17.3 Å². The average molecular weight is 571 g/mol. The van der Waals surface area contributed by atoms with Crippen LogP contribution >= 0.6 is 0 Å². The summed E-state index contributed by atoms with van der Waals surface area (Å²) in [6.07, 6.45) is 6.65. The van der Waals surface area contributed by atoms with Crippen molar-refractivity contribution >= 4 is 36.2 Å². The first-order chi connectivity index (χ1) is 19.6. The number of allylic oxidation sites excluding steroid dienone is 1. The molecule has 4 atom stereocenters. The van der Waals surface area contributed by atoms with Gasteiger partial charge in [0, 0.05) is 13.0 Å². The van der Waals surface area contributed by atoms with Gasteiger partial charge in [0.25, 0.3) is 8.32 Å². The van der Waals surface area contributed by atoms with Crippen LogP contribution in [0.2, 0.25) is 5.04 Å². The third kappa shape index (κ3) is 4.24. The molecule has 1 spiro atoms. The SMILES string of the molecule is CC(C)(C)[Si](OCC[C@H]1C=C(c2ccoc2)O[C@@]23COC(=O)[C@]2(C)CCC(=O)C13)(c1ccccc1)c1ccccc1. The molecule has 41 heavy (non-hydrogen) atoms. The summed E-state index contributed by atoms with van der Waals surface area (Å²) >= 11 is 0. The van der Waals surface area contributed by atoms with Gasteiger partial charge in [-0.2, -0.15) is 0 Å². The highest BCUT2D eigenvalue weighted by Crippen LogP contribution is 2.59. The molecule has 0 amide bonds. The number of esters is 1. The molecule has 1 unspecified atom stereocenters. The Morgan fingerprint density at radius 1 is 0.976 bits per heavy atom. The monoisotopic (exact) mass is 570 g/mol. The smallest absolute Gasteiger partial charge is 0.316 e. The summed E-state index contributed by atoms with van der Waals surface area (Å²) in [5, 5.41) is 2.27. The average Bonchev–Trinajstić information content (AvgIpc) is 3.59. The van der Waals surface area contributed by atoms with E-state index in [1.54, 1.807) is 12.5 Å². The van der Waals surface area contributed by atoms with E-state index < -0.39 is 25.3 Å². The highest BCUT2D eigenvalue weighted by molar-refractivity contribution is 6.99. The Balaban J connectivity index is 1.39. The van der Waals surface area contributed by atoms with Crippen molar-refractivity contribution in [1.29, 1.82) is 0 Å². The van der Waals surface area contributed by atoms with E-state index in [1.807, 2.05) is 31.2 Å². The summed E-state index contributed by atoms with van der Waals surface area (Å²) in [6.45, 7) is 9.21. The largest absolute Gasteiger partial charge is 0.481 e. The number of benzene rings is 2. The molecule has 3 aliphatic rings. The number of carbonyl (C=O) groups excluding carboxylic acids is 2. The fraction of sp³-hybridized carbons (Fsp3) is 0.412. The first-order valence-electron chi connectivity index (χ1n) is 14.5. The first kappa shape index (κ1) is 27.7. The lowest BCUT2D eigenvalue weighted by Gasteiger charge is -2.52. The van der Waals surface area contributed by atoms with Gasteiger partial charge in [0.2, 0.25) is 0 Å². The van der Waals surface area contributed by atoms with E-state index in [0.717, 1.165) is 5.56 Å². The summed E-state index contributed by atoms with van der Waals surface area (Å²) in [7, 11) is -2.75. The number of ether oxygens (including phenoxy) is 2. The lowest BCUT2D eigenvalue weighted by molar-refractivity contribution is -0.167. The number of hydrogen-bond donors (Lipinski definition) is 0. The summed E-state index contributed by atoms with van der Waals surface area (Å²) in [4.78, 5) is 26.7. The number of Topliss-reactive ketones (excluding diaryl/α,β-unsaturated/α-hetero) is 1. The quantitative estimate of drug-likeness (QED) is 0.275. The third-order valence-electron chi connectivity index (χ3n) is 9.60. The number of furan rings is 1. The fourth-order valence-corrected chi connectivity index (χ4v) is 12.0. The van der Waals surface area contributed by atoms with Gasteiger partial charge in [-0.1, -0.05) is 81.4 Å². The van der Waals surface area contributed by atoms with Gasteiger partial charge in [0.1, 0.15) is 29.8 Å². The third-order valence-corrected chi connectivity index (χ3v) is 14.6. The molecule has 2 fully saturated rings. The molecule has 1 aliphatic carbocycles. The lowest BCUT2D eigenvalue weighted by Crippen LogP contribution is -2.67. The van der Waals surface area contributed by atoms with Crippen LogP contribution in [-0.4, -0.2) is 38.9 Å². The number of ketones is 1. The number of cyclic esters (lactones) is 1.